The lowest BCUT2D eigenvalue weighted by atomic mass is 9.84. The molecule has 0 N–H and O–H groups in total. The van der Waals surface area contributed by atoms with Crippen molar-refractivity contribution < 1.29 is 9.47 Å². The largest absolute Gasteiger partial charge is 0.350 e. The van der Waals surface area contributed by atoms with Crippen molar-refractivity contribution in [3.8, 4) is 0 Å². The molecular weight excluding hydrogens is 324 g/mol. The van der Waals surface area contributed by atoms with Gasteiger partial charge in [-0.15, -0.1) is 0 Å². The van der Waals surface area contributed by atoms with E-state index >= 15 is 0 Å². The van der Waals surface area contributed by atoms with E-state index in [0.717, 1.165) is 19.1 Å². The first kappa shape index (κ1) is 17.5. The van der Waals surface area contributed by atoms with Crippen LogP contribution >= 0.6 is 0 Å². The summed E-state index contributed by atoms with van der Waals surface area (Å²) < 4.78 is 12.0. The molecule has 135 valence electrons. The van der Waals surface area contributed by atoms with Crippen LogP contribution in [-0.2, 0) is 9.47 Å². The van der Waals surface area contributed by atoms with Crippen molar-refractivity contribution in [1.82, 2.24) is 0 Å². The van der Waals surface area contributed by atoms with E-state index in [1.165, 1.54) is 19.3 Å². The zero-order valence-electron chi connectivity index (χ0n) is 16.3. The van der Waals surface area contributed by atoms with Crippen LogP contribution in [0.1, 0.15) is 40.0 Å². The number of hydrogen-bond acceptors (Lipinski definition) is 2. The Kier molecular flexibility index (Phi) is 4.06. The summed E-state index contributed by atoms with van der Waals surface area (Å²) in [5.41, 5.74) is 5.32. The quantitative estimate of drug-likeness (QED) is 0.721. The van der Waals surface area contributed by atoms with Crippen molar-refractivity contribution in [3.05, 3.63) is 47.0 Å². The SMILES string of the molecule is CC1=C2CC3(COC(C)(C)OC3)CC2C[C]1[Si](C)(C)c1ccccc1. The van der Waals surface area contributed by atoms with Gasteiger partial charge in [0, 0.05) is 5.41 Å². The van der Waals surface area contributed by atoms with Gasteiger partial charge in [0.15, 0.2) is 5.79 Å². The molecule has 1 atom stereocenters. The van der Waals surface area contributed by atoms with Crippen LogP contribution in [0.15, 0.2) is 41.5 Å². The van der Waals surface area contributed by atoms with Crippen molar-refractivity contribution in [3.63, 3.8) is 0 Å². The Labute approximate surface area is 153 Å². The van der Waals surface area contributed by atoms with E-state index in [9.17, 15) is 0 Å². The summed E-state index contributed by atoms with van der Waals surface area (Å²) in [4.78, 5) is 0. The Morgan fingerprint density at radius 3 is 2.28 bits per heavy atom. The van der Waals surface area contributed by atoms with Crippen molar-refractivity contribution >= 4 is 13.3 Å². The molecule has 2 aliphatic carbocycles. The van der Waals surface area contributed by atoms with E-state index in [2.05, 4.69) is 50.3 Å². The molecule has 0 aromatic heterocycles. The van der Waals surface area contributed by atoms with E-state index in [0.29, 0.717) is 0 Å². The molecule has 1 aliphatic heterocycles. The summed E-state index contributed by atoms with van der Waals surface area (Å²) in [5, 5.41) is 1.56. The van der Waals surface area contributed by atoms with Gasteiger partial charge >= 0.3 is 0 Å². The predicted molar refractivity (Wildman–Crippen MR) is 105 cm³/mol. The average Bonchev–Trinajstić information content (AvgIpc) is 3.08. The molecule has 1 aromatic carbocycles. The fourth-order valence-corrected chi connectivity index (χ4v) is 8.43. The summed E-state index contributed by atoms with van der Waals surface area (Å²) in [6, 6.07) is 11.2. The van der Waals surface area contributed by atoms with Gasteiger partial charge in [0.1, 0.15) is 0 Å². The highest BCUT2D eigenvalue weighted by atomic mass is 28.3. The van der Waals surface area contributed by atoms with Gasteiger partial charge < -0.3 is 9.47 Å². The molecule has 0 amide bonds. The van der Waals surface area contributed by atoms with Crippen molar-refractivity contribution in [1.29, 1.82) is 0 Å². The van der Waals surface area contributed by atoms with Crippen LogP contribution in [0.4, 0.5) is 0 Å². The van der Waals surface area contributed by atoms with Crippen LogP contribution in [0.2, 0.25) is 13.1 Å². The third-order valence-electron chi connectivity index (χ3n) is 6.82. The molecule has 25 heavy (non-hydrogen) atoms. The molecule has 1 heterocycles. The summed E-state index contributed by atoms with van der Waals surface area (Å²) in [6.45, 7) is 13.2. The molecule has 1 spiro atoms. The van der Waals surface area contributed by atoms with Crippen LogP contribution in [0.5, 0.6) is 0 Å². The van der Waals surface area contributed by atoms with Gasteiger partial charge in [-0.3, -0.25) is 0 Å². The third kappa shape index (κ3) is 2.94. The third-order valence-corrected chi connectivity index (χ3v) is 10.7. The molecule has 1 radical (unpaired) electrons. The highest BCUT2D eigenvalue weighted by Gasteiger charge is 2.52. The lowest BCUT2D eigenvalue weighted by Crippen LogP contribution is -2.48. The topological polar surface area (TPSA) is 18.5 Å². The molecule has 1 unspecified atom stereocenters. The first-order chi connectivity index (χ1) is 11.7. The first-order valence-corrected chi connectivity index (χ1v) is 12.6. The molecule has 2 fully saturated rings. The maximum absolute atomic E-state index is 6.02. The van der Waals surface area contributed by atoms with Gasteiger partial charge in [-0.25, -0.2) is 0 Å². The lowest BCUT2D eigenvalue weighted by Gasteiger charge is -2.42. The smallest absolute Gasteiger partial charge is 0.162 e. The van der Waals surface area contributed by atoms with Gasteiger partial charge in [0.25, 0.3) is 0 Å². The second-order valence-corrected chi connectivity index (χ2v) is 13.8. The molecular formula is C22H31O2Si. The monoisotopic (exact) mass is 355 g/mol. The summed E-state index contributed by atoms with van der Waals surface area (Å²) in [5.74, 6) is 0.310. The summed E-state index contributed by atoms with van der Waals surface area (Å²) in [7, 11) is -1.56. The second-order valence-electron chi connectivity index (χ2n) is 9.38. The molecule has 1 aromatic rings. The fraction of sp³-hybridized carbons (Fsp3) is 0.591. The maximum Gasteiger partial charge on any atom is 0.162 e. The van der Waals surface area contributed by atoms with Crippen molar-refractivity contribution in [2.45, 2.75) is 58.9 Å². The van der Waals surface area contributed by atoms with Crippen molar-refractivity contribution in [2.24, 2.45) is 11.3 Å². The molecule has 4 rings (SSSR count). The van der Waals surface area contributed by atoms with Crippen LogP contribution in [0, 0.1) is 16.9 Å². The lowest BCUT2D eigenvalue weighted by molar-refractivity contribution is -0.284. The fourth-order valence-electron chi connectivity index (χ4n) is 5.20. The number of rotatable bonds is 2. The highest BCUT2D eigenvalue weighted by molar-refractivity contribution is 6.95. The standard InChI is InChI=1S/C22H31O2Si/c1-16-19-13-22(14-23-21(2,3)24-15-22)12-17(19)11-20(16)25(4,5)18-9-7-6-8-10-18/h6-10,17H,11-15H2,1-5H3. The average molecular weight is 356 g/mol. The normalized spacial score (nSPS) is 28.6. The Morgan fingerprint density at radius 1 is 1.04 bits per heavy atom. The number of benzene rings is 1. The van der Waals surface area contributed by atoms with Crippen LogP contribution < -0.4 is 5.19 Å². The molecule has 3 aliphatic rings. The summed E-state index contributed by atoms with van der Waals surface area (Å²) in [6.07, 6.45) is 3.67. The number of fused-ring (bicyclic) bond motifs is 1. The van der Waals surface area contributed by atoms with Gasteiger partial charge in [-0.05, 0) is 51.5 Å². The molecule has 1 saturated heterocycles. The minimum atomic E-state index is -1.56. The number of allylic oxidation sites excluding steroid dienone is 2. The van der Waals surface area contributed by atoms with E-state index in [1.807, 2.05) is 13.8 Å². The highest BCUT2D eigenvalue weighted by Crippen LogP contribution is 2.57. The van der Waals surface area contributed by atoms with E-state index in [1.54, 1.807) is 21.9 Å². The molecule has 3 heteroatoms. The molecule has 1 saturated carbocycles. The van der Waals surface area contributed by atoms with Gasteiger partial charge in [0.05, 0.1) is 21.3 Å². The van der Waals surface area contributed by atoms with Crippen LogP contribution in [0.3, 0.4) is 0 Å². The van der Waals surface area contributed by atoms with Crippen molar-refractivity contribution in [2.75, 3.05) is 13.2 Å². The van der Waals surface area contributed by atoms with E-state index in [4.69, 9.17) is 9.47 Å². The Morgan fingerprint density at radius 2 is 1.68 bits per heavy atom. The van der Waals surface area contributed by atoms with Gasteiger partial charge in [-0.1, -0.05) is 59.8 Å². The molecule has 0 bridgehead atoms. The minimum absolute atomic E-state index is 0.223. The molecule has 2 nitrogen and oxygen atoms in total. The first-order valence-electron chi connectivity index (χ1n) is 9.62. The van der Waals surface area contributed by atoms with E-state index in [-0.39, 0.29) is 5.41 Å². The minimum Gasteiger partial charge on any atom is -0.350 e. The van der Waals surface area contributed by atoms with Gasteiger partial charge in [0.2, 0.25) is 0 Å². The zero-order chi connectivity index (χ0) is 17.9. The zero-order valence-corrected chi connectivity index (χ0v) is 17.3. The Bertz CT molecular complexity index is 679. The Hall–Kier alpha value is -0.903. The predicted octanol–water partition coefficient (Wildman–Crippen LogP) is 4.62. The van der Waals surface area contributed by atoms with Crippen LogP contribution in [0.25, 0.3) is 0 Å². The second kappa shape index (κ2) is 5.80. The number of hydrogen-bond donors (Lipinski definition) is 0. The summed E-state index contributed by atoms with van der Waals surface area (Å²) >= 11 is 0. The maximum atomic E-state index is 6.02. The van der Waals surface area contributed by atoms with E-state index < -0.39 is 13.9 Å². The van der Waals surface area contributed by atoms with Crippen LogP contribution in [-0.4, -0.2) is 27.1 Å². The Balaban J connectivity index is 1.56. The number of ether oxygens (including phenoxy) is 2. The van der Waals surface area contributed by atoms with Gasteiger partial charge in [-0.2, -0.15) is 0 Å².